The van der Waals surface area contributed by atoms with Crippen LogP contribution in [0.1, 0.15) is 91.9 Å². The molecule has 0 N–H and O–H groups in total. The summed E-state index contributed by atoms with van der Waals surface area (Å²) in [5.41, 5.74) is -0.0644. The van der Waals surface area contributed by atoms with Crippen molar-refractivity contribution in [3.63, 3.8) is 0 Å². The second kappa shape index (κ2) is 7.24. The molecule has 8 atom stereocenters. The van der Waals surface area contributed by atoms with Crippen molar-refractivity contribution in [2.45, 2.75) is 104 Å². The molecule has 0 saturated heterocycles. The first-order valence-electron chi connectivity index (χ1n) is 12.6. The monoisotopic (exact) mass is 416 g/mol. The Labute approximate surface area is 181 Å². The lowest BCUT2D eigenvalue weighted by Crippen LogP contribution is -2.43. The number of fused-ring (bicyclic) bond motifs is 9. The van der Waals surface area contributed by atoms with Crippen LogP contribution in [-0.4, -0.2) is 23.6 Å². The van der Waals surface area contributed by atoms with Gasteiger partial charge in [-0.1, -0.05) is 20.8 Å². The quantitative estimate of drug-likeness (QED) is 0.437. The molecule has 5 aliphatic carbocycles. The van der Waals surface area contributed by atoms with E-state index in [2.05, 4.69) is 27.7 Å². The average Bonchev–Trinajstić information content (AvgIpc) is 3.44. The molecule has 0 heterocycles. The van der Waals surface area contributed by atoms with Crippen molar-refractivity contribution in [1.82, 2.24) is 0 Å². The lowest BCUT2D eigenvalue weighted by molar-refractivity contribution is -0.168. The molecular weight excluding hydrogens is 376 g/mol. The van der Waals surface area contributed by atoms with Crippen LogP contribution < -0.4 is 0 Å². The first-order valence-corrected chi connectivity index (χ1v) is 12.6. The Bertz CT molecular complexity index is 700. The lowest BCUT2D eigenvalue weighted by atomic mass is 9.66. The van der Waals surface area contributed by atoms with Gasteiger partial charge in [0.05, 0.1) is 5.92 Å². The van der Waals surface area contributed by atoms with Gasteiger partial charge >= 0.3 is 11.9 Å². The minimum Gasteiger partial charge on any atom is -0.462 e. The maximum atomic E-state index is 13.1. The van der Waals surface area contributed by atoms with E-state index in [4.69, 9.17) is 9.47 Å². The summed E-state index contributed by atoms with van der Waals surface area (Å²) in [5, 5.41) is 0. The topological polar surface area (TPSA) is 52.6 Å². The number of carbonyl (C=O) groups excluding carboxylic acids is 2. The van der Waals surface area contributed by atoms with E-state index >= 15 is 0 Å². The number of hydrogen-bond donors (Lipinski definition) is 0. The van der Waals surface area contributed by atoms with Gasteiger partial charge < -0.3 is 9.47 Å². The minimum atomic E-state index is -0.224. The van der Waals surface area contributed by atoms with Gasteiger partial charge in [0.25, 0.3) is 0 Å². The first-order chi connectivity index (χ1) is 14.1. The van der Waals surface area contributed by atoms with Crippen molar-refractivity contribution >= 4 is 11.9 Å². The number of rotatable bonds is 5. The maximum Gasteiger partial charge on any atom is 0.309 e. The van der Waals surface area contributed by atoms with Crippen LogP contribution in [0.25, 0.3) is 0 Å². The minimum absolute atomic E-state index is 0.0210. The highest BCUT2D eigenvalue weighted by Crippen LogP contribution is 2.69. The van der Waals surface area contributed by atoms with Crippen molar-refractivity contribution in [3.8, 4) is 0 Å². The molecule has 5 rings (SSSR count). The normalized spacial score (nSPS) is 43.1. The van der Waals surface area contributed by atoms with Gasteiger partial charge in [-0.15, -0.1) is 0 Å². The summed E-state index contributed by atoms with van der Waals surface area (Å²) < 4.78 is 12.1. The van der Waals surface area contributed by atoms with Crippen molar-refractivity contribution < 1.29 is 19.1 Å². The molecule has 0 aromatic heterocycles. The largest absolute Gasteiger partial charge is 0.462 e. The van der Waals surface area contributed by atoms with Crippen LogP contribution in [0.15, 0.2) is 0 Å². The van der Waals surface area contributed by atoms with Crippen molar-refractivity contribution in [3.05, 3.63) is 0 Å². The average molecular weight is 417 g/mol. The molecule has 168 valence electrons. The molecule has 30 heavy (non-hydrogen) atoms. The van der Waals surface area contributed by atoms with Gasteiger partial charge in [-0.2, -0.15) is 0 Å². The Morgan fingerprint density at radius 1 is 0.933 bits per heavy atom. The maximum absolute atomic E-state index is 13.1. The molecule has 0 spiro atoms. The molecule has 0 aliphatic heterocycles. The Balaban J connectivity index is 1.22. The van der Waals surface area contributed by atoms with Crippen LogP contribution in [0.4, 0.5) is 0 Å². The van der Waals surface area contributed by atoms with E-state index in [-0.39, 0.29) is 35.0 Å². The molecule has 0 aromatic carbocycles. The third kappa shape index (κ3) is 3.60. The van der Waals surface area contributed by atoms with Crippen LogP contribution >= 0.6 is 0 Å². The van der Waals surface area contributed by atoms with Crippen LogP contribution in [-0.2, 0) is 19.1 Å². The van der Waals surface area contributed by atoms with Gasteiger partial charge in [0.15, 0.2) is 0 Å². The van der Waals surface area contributed by atoms with E-state index in [0.29, 0.717) is 36.0 Å². The van der Waals surface area contributed by atoms with Crippen molar-refractivity contribution in [2.24, 2.45) is 46.8 Å². The van der Waals surface area contributed by atoms with Crippen LogP contribution in [0.3, 0.4) is 0 Å². The van der Waals surface area contributed by atoms with E-state index in [0.717, 1.165) is 38.0 Å². The summed E-state index contributed by atoms with van der Waals surface area (Å²) in [6.45, 7) is 8.63. The molecule has 8 unspecified atom stereocenters. The highest BCUT2D eigenvalue weighted by atomic mass is 16.6. The number of esters is 2. The van der Waals surface area contributed by atoms with E-state index < -0.39 is 0 Å². The van der Waals surface area contributed by atoms with Crippen LogP contribution in [0, 0.1) is 46.8 Å². The lowest BCUT2D eigenvalue weighted by Gasteiger charge is -2.41. The summed E-state index contributed by atoms with van der Waals surface area (Å²) >= 11 is 0. The molecule has 5 fully saturated rings. The van der Waals surface area contributed by atoms with Gasteiger partial charge in [0.2, 0.25) is 0 Å². The van der Waals surface area contributed by atoms with Gasteiger partial charge in [0.1, 0.15) is 11.7 Å². The zero-order chi connectivity index (χ0) is 21.3. The standard InChI is InChI=1S/C26H40O4/c1-25(2,3)10-7-21(27)29-20-14-16-13-19(20)23-17-11-15(22(16)23)12-18(17)24(28)30-26(4)8-5-6-9-26/h15-20,22-23H,5-14H2,1-4H3. The summed E-state index contributed by atoms with van der Waals surface area (Å²) in [6, 6.07) is 0. The highest BCUT2D eigenvalue weighted by Gasteiger charge is 2.66. The van der Waals surface area contributed by atoms with Gasteiger partial charge in [-0.05, 0) is 106 Å². The Morgan fingerprint density at radius 3 is 2.30 bits per heavy atom. The fourth-order valence-electron chi connectivity index (χ4n) is 8.20. The fraction of sp³-hybridized carbons (Fsp3) is 0.923. The zero-order valence-corrected chi connectivity index (χ0v) is 19.3. The van der Waals surface area contributed by atoms with E-state index in [9.17, 15) is 9.59 Å². The molecule has 5 saturated carbocycles. The SMILES string of the molecule is CC(C)(C)CCC(=O)OC1CC2CC1C1C3CC(CC3C(=O)OC3(C)CCCC3)C21. The molecule has 0 aromatic rings. The van der Waals surface area contributed by atoms with Gasteiger partial charge in [-0.25, -0.2) is 0 Å². The predicted molar refractivity (Wildman–Crippen MR) is 114 cm³/mol. The summed E-state index contributed by atoms with van der Waals surface area (Å²) in [7, 11) is 0. The molecule has 0 radical (unpaired) electrons. The number of hydrogen-bond acceptors (Lipinski definition) is 4. The summed E-state index contributed by atoms with van der Waals surface area (Å²) in [6.07, 6.45) is 10.4. The second-order valence-electron chi connectivity index (χ2n) is 12.7. The molecular formula is C26H40O4. The van der Waals surface area contributed by atoms with E-state index in [1.165, 1.54) is 25.7 Å². The van der Waals surface area contributed by atoms with Crippen LogP contribution in [0.2, 0.25) is 0 Å². The summed E-state index contributed by atoms with van der Waals surface area (Å²) in [5.74, 6) is 3.84. The zero-order valence-electron chi connectivity index (χ0n) is 19.3. The van der Waals surface area contributed by atoms with Crippen molar-refractivity contribution in [2.75, 3.05) is 0 Å². The number of carbonyl (C=O) groups is 2. The molecule has 4 nitrogen and oxygen atoms in total. The molecule has 4 heteroatoms. The first kappa shape index (κ1) is 20.8. The highest BCUT2D eigenvalue weighted by molar-refractivity contribution is 5.74. The number of ether oxygens (including phenoxy) is 2. The van der Waals surface area contributed by atoms with E-state index in [1.54, 1.807) is 0 Å². The third-order valence-electron chi connectivity index (χ3n) is 9.43. The summed E-state index contributed by atoms with van der Waals surface area (Å²) in [4.78, 5) is 25.6. The van der Waals surface area contributed by atoms with Gasteiger partial charge in [0, 0.05) is 6.42 Å². The molecule has 4 bridgehead atoms. The Hall–Kier alpha value is -1.06. The third-order valence-corrected chi connectivity index (χ3v) is 9.43. The molecule has 0 amide bonds. The fourth-order valence-corrected chi connectivity index (χ4v) is 8.20. The van der Waals surface area contributed by atoms with Gasteiger partial charge in [-0.3, -0.25) is 9.59 Å². The van der Waals surface area contributed by atoms with Crippen molar-refractivity contribution in [1.29, 1.82) is 0 Å². The van der Waals surface area contributed by atoms with E-state index in [1.807, 2.05) is 0 Å². The predicted octanol–water partition coefficient (Wildman–Crippen LogP) is 5.53. The second-order valence-corrected chi connectivity index (χ2v) is 12.7. The Kier molecular flexibility index (Phi) is 5.02. The Morgan fingerprint density at radius 2 is 1.60 bits per heavy atom. The molecule has 5 aliphatic rings. The van der Waals surface area contributed by atoms with Crippen LogP contribution in [0.5, 0.6) is 0 Å². The smallest absolute Gasteiger partial charge is 0.309 e.